The van der Waals surface area contributed by atoms with Gasteiger partial charge < -0.3 is 15.0 Å². The minimum absolute atomic E-state index is 0.0438. The third kappa shape index (κ3) is 4.27. The lowest BCUT2D eigenvalue weighted by molar-refractivity contribution is -0.116. The van der Waals surface area contributed by atoms with Crippen LogP contribution >= 0.6 is 11.3 Å². The average molecular weight is 371 g/mol. The van der Waals surface area contributed by atoms with Gasteiger partial charge in [0.25, 0.3) is 0 Å². The molecule has 0 radical (unpaired) electrons. The number of amides is 1. The number of aromatic amines is 1. The summed E-state index contributed by atoms with van der Waals surface area (Å²) in [6.07, 6.45) is 0.949. The minimum Gasteiger partial charge on any atom is -0.379 e. The average Bonchev–Trinajstić information content (AvgIpc) is 3.27. The Morgan fingerprint density at radius 1 is 1.27 bits per heavy atom. The highest BCUT2D eigenvalue weighted by Crippen LogP contribution is 2.18. The molecule has 1 aliphatic rings. The predicted molar refractivity (Wildman–Crippen MR) is 101 cm³/mol. The van der Waals surface area contributed by atoms with E-state index in [0.717, 1.165) is 55.4 Å². The van der Waals surface area contributed by atoms with Crippen LogP contribution in [0.2, 0.25) is 0 Å². The van der Waals surface area contributed by atoms with Crippen LogP contribution in [0, 0.1) is 0 Å². The standard InChI is InChI=1S/C18H21N5O2S/c24-17(6-5-16-20-14-3-1-2-4-15(14)21-16)22-18-19-13(12-26-18)11-23-7-9-25-10-8-23/h1-4,12H,5-11H2,(H,20,21)(H,19,22,24). The largest absolute Gasteiger partial charge is 0.379 e. The third-order valence-corrected chi connectivity index (χ3v) is 5.12. The third-order valence-electron chi connectivity index (χ3n) is 4.31. The molecule has 1 aromatic carbocycles. The van der Waals surface area contributed by atoms with Crippen molar-refractivity contribution in [3.8, 4) is 0 Å². The van der Waals surface area contributed by atoms with Crippen LogP contribution in [-0.4, -0.2) is 52.1 Å². The second-order valence-electron chi connectivity index (χ2n) is 6.28. The first-order chi connectivity index (χ1) is 12.8. The van der Waals surface area contributed by atoms with Crippen molar-refractivity contribution in [2.45, 2.75) is 19.4 Å². The Labute approximate surface area is 155 Å². The number of carbonyl (C=O) groups is 1. The van der Waals surface area contributed by atoms with Gasteiger partial charge in [-0.3, -0.25) is 9.69 Å². The zero-order chi connectivity index (χ0) is 17.8. The molecule has 0 atom stereocenters. The molecule has 1 amide bonds. The van der Waals surface area contributed by atoms with Crippen LogP contribution in [0.15, 0.2) is 29.6 Å². The van der Waals surface area contributed by atoms with Crippen molar-refractivity contribution in [1.82, 2.24) is 19.9 Å². The molecule has 4 rings (SSSR count). The first-order valence-electron chi connectivity index (χ1n) is 8.74. The minimum atomic E-state index is -0.0438. The van der Waals surface area contributed by atoms with Gasteiger partial charge in [-0.05, 0) is 12.1 Å². The first kappa shape index (κ1) is 17.1. The number of aryl methyl sites for hydroxylation is 1. The van der Waals surface area contributed by atoms with Crippen molar-refractivity contribution >= 4 is 33.4 Å². The molecule has 0 spiro atoms. The number of H-pyrrole nitrogens is 1. The summed E-state index contributed by atoms with van der Waals surface area (Å²) in [6.45, 7) is 4.20. The molecule has 0 unspecified atom stereocenters. The van der Waals surface area contributed by atoms with Crippen molar-refractivity contribution < 1.29 is 9.53 Å². The number of hydrogen-bond donors (Lipinski definition) is 2. The summed E-state index contributed by atoms with van der Waals surface area (Å²) in [7, 11) is 0. The lowest BCUT2D eigenvalue weighted by Gasteiger charge is -2.25. The Kier molecular flexibility index (Phi) is 5.24. The molecular formula is C18H21N5O2S. The van der Waals surface area contributed by atoms with Crippen molar-refractivity contribution in [1.29, 1.82) is 0 Å². The van der Waals surface area contributed by atoms with E-state index in [-0.39, 0.29) is 5.91 Å². The Hall–Kier alpha value is -2.29. The van der Waals surface area contributed by atoms with E-state index in [1.165, 1.54) is 11.3 Å². The number of para-hydroxylation sites is 2. The van der Waals surface area contributed by atoms with Crippen molar-refractivity contribution in [2.24, 2.45) is 0 Å². The number of ether oxygens (including phenoxy) is 1. The van der Waals surface area contributed by atoms with E-state index in [9.17, 15) is 4.79 Å². The second kappa shape index (κ2) is 7.94. The highest BCUT2D eigenvalue weighted by Gasteiger charge is 2.13. The highest BCUT2D eigenvalue weighted by molar-refractivity contribution is 7.13. The van der Waals surface area contributed by atoms with Gasteiger partial charge >= 0.3 is 0 Å². The smallest absolute Gasteiger partial charge is 0.226 e. The van der Waals surface area contributed by atoms with Gasteiger partial charge in [0.15, 0.2) is 5.13 Å². The van der Waals surface area contributed by atoms with E-state index in [1.807, 2.05) is 29.6 Å². The normalized spacial score (nSPS) is 15.4. The maximum absolute atomic E-state index is 12.2. The number of fused-ring (bicyclic) bond motifs is 1. The summed E-state index contributed by atoms with van der Waals surface area (Å²) in [5.41, 5.74) is 2.91. The Bertz CT molecular complexity index is 851. The molecule has 8 heteroatoms. The number of aromatic nitrogens is 3. The zero-order valence-electron chi connectivity index (χ0n) is 14.4. The van der Waals surface area contributed by atoms with Gasteiger partial charge in [0.1, 0.15) is 5.82 Å². The van der Waals surface area contributed by atoms with Gasteiger partial charge in [0.2, 0.25) is 5.91 Å². The molecule has 136 valence electrons. The van der Waals surface area contributed by atoms with Crippen molar-refractivity contribution in [3.63, 3.8) is 0 Å². The molecule has 2 N–H and O–H groups in total. The number of anilines is 1. The maximum Gasteiger partial charge on any atom is 0.226 e. The Balaban J connectivity index is 1.27. The zero-order valence-corrected chi connectivity index (χ0v) is 15.2. The second-order valence-corrected chi connectivity index (χ2v) is 7.14. The summed E-state index contributed by atoms with van der Waals surface area (Å²) in [5, 5.41) is 5.55. The van der Waals surface area contributed by atoms with Crippen LogP contribution in [0.3, 0.4) is 0 Å². The van der Waals surface area contributed by atoms with Crippen LogP contribution in [0.5, 0.6) is 0 Å². The highest BCUT2D eigenvalue weighted by atomic mass is 32.1. The SMILES string of the molecule is O=C(CCc1nc2ccccc2[nH]1)Nc1nc(CN2CCOCC2)cs1. The quantitative estimate of drug-likeness (QED) is 0.695. The lowest BCUT2D eigenvalue weighted by Crippen LogP contribution is -2.35. The van der Waals surface area contributed by atoms with Crippen LogP contribution in [-0.2, 0) is 22.5 Å². The summed E-state index contributed by atoms with van der Waals surface area (Å²) in [5.74, 6) is 0.784. The van der Waals surface area contributed by atoms with E-state index in [4.69, 9.17) is 4.74 Å². The molecule has 1 fully saturated rings. The van der Waals surface area contributed by atoms with E-state index in [2.05, 4.69) is 25.2 Å². The Morgan fingerprint density at radius 3 is 2.96 bits per heavy atom. The Morgan fingerprint density at radius 2 is 2.12 bits per heavy atom. The van der Waals surface area contributed by atoms with Gasteiger partial charge in [0, 0.05) is 37.9 Å². The number of carbonyl (C=O) groups excluding carboxylic acids is 1. The summed E-state index contributed by atoms with van der Waals surface area (Å²) in [6, 6.07) is 7.86. The summed E-state index contributed by atoms with van der Waals surface area (Å²) < 4.78 is 5.35. The number of morpholine rings is 1. The molecule has 0 aliphatic carbocycles. The van der Waals surface area contributed by atoms with Crippen LogP contribution < -0.4 is 5.32 Å². The fourth-order valence-corrected chi connectivity index (χ4v) is 3.68. The molecule has 1 aliphatic heterocycles. The summed E-state index contributed by atoms with van der Waals surface area (Å²) >= 11 is 1.47. The number of benzene rings is 1. The van der Waals surface area contributed by atoms with Gasteiger partial charge in [0.05, 0.1) is 29.9 Å². The fourth-order valence-electron chi connectivity index (χ4n) is 2.96. The molecule has 7 nitrogen and oxygen atoms in total. The first-order valence-corrected chi connectivity index (χ1v) is 9.62. The van der Waals surface area contributed by atoms with Gasteiger partial charge in [-0.15, -0.1) is 11.3 Å². The van der Waals surface area contributed by atoms with E-state index >= 15 is 0 Å². The van der Waals surface area contributed by atoms with Crippen molar-refractivity contribution in [2.75, 3.05) is 31.6 Å². The maximum atomic E-state index is 12.2. The predicted octanol–water partition coefficient (Wildman–Crippen LogP) is 2.42. The van der Waals surface area contributed by atoms with Crippen LogP contribution in [0.4, 0.5) is 5.13 Å². The van der Waals surface area contributed by atoms with Gasteiger partial charge in [-0.1, -0.05) is 12.1 Å². The molecule has 1 saturated heterocycles. The molecule has 3 heterocycles. The molecule has 0 saturated carbocycles. The van der Waals surface area contributed by atoms with Gasteiger partial charge in [-0.2, -0.15) is 0 Å². The summed E-state index contributed by atoms with van der Waals surface area (Å²) in [4.78, 5) is 26.8. The van der Waals surface area contributed by atoms with Crippen LogP contribution in [0.25, 0.3) is 11.0 Å². The number of imidazole rings is 1. The van der Waals surface area contributed by atoms with E-state index in [0.29, 0.717) is 18.0 Å². The molecule has 3 aromatic rings. The topological polar surface area (TPSA) is 83.1 Å². The number of nitrogens with one attached hydrogen (secondary N) is 2. The van der Waals surface area contributed by atoms with E-state index < -0.39 is 0 Å². The van der Waals surface area contributed by atoms with Crippen LogP contribution in [0.1, 0.15) is 17.9 Å². The number of rotatable bonds is 6. The molecule has 0 bridgehead atoms. The van der Waals surface area contributed by atoms with Crippen molar-refractivity contribution in [3.05, 3.63) is 41.2 Å². The molecule has 26 heavy (non-hydrogen) atoms. The number of hydrogen-bond acceptors (Lipinski definition) is 6. The van der Waals surface area contributed by atoms with Gasteiger partial charge in [-0.25, -0.2) is 9.97 Å². The number of thiazole rings is 1. The lowest BCUT2D eigenvalue weighted by atomic mass is 10.3. The molecular weight excluding hydrogens is 350 g/mol. The molecule has 2 aromatic heterocycles. The number of nitrogens with zero attached hydrogens (tertiary/aromatic N) is 3. The van der Waals surface area contributed by atoms with E-state index in [1.54, 1.807) is 0 Å². The fraction of sp³-hybridized carbons (Fsp3) is 0.389. The monoisotopic (exact) mass is 371 g/mol.